The Hall–Kier alpha value is -4.99. The van der Waals surface area contributed by atoms with Crippen LogP contribution in [-0.2, 0) is 31.9 Å². The van der Waals surface area contributed by atoms with Gasteiger partial charge in [-0.2, -0.15) is 0 Å². The quantitative estimate of drug-likeness (QED) is 0.116. The summed E-state index contributed by atoms with van der Waals surface area (Å²) in [6.45, 7) is 5.86. The molecule has 0 radical (unpaired) electrons. The summed E-state index contributed by atoms with van der Waals surface area (Å²) in [7, 11) is 0. The number of ether oxygens (including phenoxy) is 4. The fraction of sp³-hybridized carbons (Fsp3) is 0.439. The Morgan fingerprint density at radius 3 is 2.39 bits per heavy atom. The van der Waals surface area contributed by atoms with Gasteiger partial charge in [-0.15, -0.1) is 0 Å². The molecule has 2 aliphatic rings. The number of carbonyl (C=O) groups excluding carboxylic acids is 1. The molecule has 0 unspecified atom stereocenters. The average molecular weight is 702 g/mol. The first-order valence-corrected chi connectivity index (χ1v) is 18.1. The van der Waals surface area contributed by atoms with E-state index in [-0.39, 0.29) is 25.4 Å². The van der Waals surface area contributed by atoms with Crippen LogP contribution in [0, 0.1) is 0 Å². The number of carboxylic acid groups (broad SMARTS) is 2. The molecule has 2 N–H and O–H groups in total. The summed E-state index contributed by atoms with van der Waals surface area (Å²) in [5, 5.41) is 18.2. The highest BCUT2D eigenvalue weighted by atomic mass is 16.5. The van der Waals surface area contributed by atoms with Gasteiger partial charge in [0.2, 0.25) is 0 Å². The van der Waals surface area contributed by atoms with E-state index in [1.54, 1.807) is 23.5 Å². The SMILES string of the molecule is CCN(CC)C(=O)c1cc(OCCCCCCc2cccc(OCCCC(=O)O)c2CCC(=O)O)cc(C2=COC=C(CC3=CC=CCC3)O2)c1. The van der Waals surface area contributed by atoms with Crippen LogP contribution in [0.25, 0.3) is 5.76 Å². The van der Waals surface area contributed by atoms with Gasteiger partial charge >= 0.3 is 11.9 Å². The minimum Gasteiger partial charge on any atom is -0.494 e. The number of benzene rings is 2. The molecular weight excluding hydrogens is 650 g/mol. The van der Waals surface area contributed by atoms with Crippen LogP contribution in [0.1, 0.15) is 105 Å². The third kappa shape index (κ3) is 12.7. The molecule has 0 fully saturated rings. The zero-order valence-electron chi connectivity index (χ0n) is 29.9. The van der Waals surface area contributed by atoms with Crippen molar-refractivity contribution in [2.24, 2.45) is 0 Å². The smallest absolute Gasteiger partial charge is 0.303 e. The maximum atomic E-state index is 13.4. The fourth-order valence-corrected chi connectivity index (χ4v) is 6.09. The number of hydrogen-bond acceptors (Lipinski definition) is 7. The number of hydrogen-bond donors (Lipinski definition) is 2. The van der Waals surface area contributed by atoms with Crippen molar-refractivity contribution < 1.29 is 43.5 Å². The van der Waals surface area contributed by atoms with Crippen LogP contribution in [0.4, 0.5) is 0 Å². The molecule has 1 heterocycles. The van der Waals surface area contributed by atoms with Gasteiger partial charge in [0.25, 0.3) is 5.91 Å². The van der Waals surface area contributed by atoms with Crippen LogP contribution in [0.15, 0.2) is 78.5 Å². The molecule has 10 heteroatoms. The van der Waals surface area contributed by atoms with E-state index in [0.29, 0.717) is 73.1 Å². The fourth-order valence-electron chi connectivity index (χ4n) is 6.09. The molecule has 0 spiro atoms. The van der Waals surface area contributed by atoms with Gasteiger partial charge in [-0.3, -0.25) is 14.4 Å². The van der Waals surface area contributed by atoms with Gasteiger partial charge in [0.1, 0.15) is 29.8 Å². The largest absolute Gasteiger partial charge is 0.494 e. The molecule has 274 valence electrons. The van der Waals surface area contributed by atoms with Crippen molar-refractivity contribution in [2.75, 3.05) is 26.3 Å². The van der Waals surface area contributed by atoms with Crippen LogP contribution in [0.3, 0.4) is 0 Å². The normalized spacial score (nSPS) is 13.6. The van der Waals surface area contributed by atoms with Gasteiger partial charge in [-0.05, 0) is 94.2 Å². The number of rotatable bonds is 22. The summed E-state index contributed by atoms with van der Waals surface area (Å²) in [4.78, 5) is 37.3. The summed E-state index contributed by atoms with van der Waals surface area (Å²) < 4.78 is 24.0. The highest BCUT2D eigenvalue weighted by molar-refractivity contribution is 5.95. The first-order valence-electron chi connectivity index (χ1n) is 18.1. The number of aliphatic carboxylic acids is 2. The molecule has 2 aromatic rings. The molecule has 10 nitrogen and oxygen atoms in total. The highest BCUT2D eigenvalue weighted by Crippen LogP contribution is 2.32. The first-order chi connectivity index (χ1) is 24.8. The molecule has 2 aromatic carbocycles. The molecule has 4 rings (SSSR count). The Kier molecular flexibility index (Phi) is 15.7. The second-order valence-corrected chi connectivity index (χ2v) is 12.6. The predicted octanol–water partition coefficient (Wildman–Crippen LogP) is 8.46. The van der Waals surface area contributed by atoms with Crippen molar-refractivity contribution in [3.63, 3.8) is 0 Å². The van der Waals surface area contributed by atoms with E-state index in [1.165, 1.54) is 5.57 Å². The second kappa shape index (κ2) is 20.6. The number of nitrogens with zero attached hydrogens (tertiary/aromatic N) is 1. The van der Waals surface area contributed by atoms with Gasteiger partial charge < -0.3 is 34.1 Å². The number of amides is 1. The lowest BCUT2D eigenvalue weighted by Crippen LogP contribution is -2.30. The highest BCUT2D eigenvalue weighted by Gasteiger charge is 2.20. The molecule has 51 heavy (non-hydrogen) atoms. The molecule has 1 aliphatic heterocycles. The average Bonchev–Trinajstić information content (AvgIpc) is 3.13. The van der Waals surface area contributed by atoms with Crippen molar-refractivity contribution in [3.05, 3.63) is 101 Å². The lowest BCUT2D eigenvalue weighted by molar-refractivity contribution is -0.138. The zero-order valence-corrected chi connectivity index (χ0v) is 29.9. The summed E-state index contributed by atoms with van der Waals surface area (Å²) in [5.41, 5.74) is 4.44. The van der Waals surface area contributed by atoms with E-state index in [9.17, 15) is 19.5 Å². The molecule has 0 atom stereocenters. The first kappa shape index (κ1) is 38.8. The minimum atomic E-state index is -0.875. The molecule has 0 bridgehead atoms. The Labute approximate surface area is 301 Å². The van der Waals surface area contributed by atoms with E-state index in [1.807, 2.05) is 44.2 Å². The van der Waals surface area contributed by atoms with Crippen molar-refractivity contribution in [1.82, 2.24) is 4.90 Å². The van der Waals surface area contributed by atoms with Crippen molar-refractivity contribution in [3.8, 4) is 11.5 Å². The maximum Gasteiger partial charge on any atom is 0.303 e. The Balaban J connectivity index is 1.33. The van der Waals surface area contributed by atoms with Crippen LogP contribution in [-0.4, -0.2) is 59.3 Å². The third-order valence-corrected chi connectivity index (χ3v) is 8.83. The standard InChI is InChI=1S/C41H51NO9/c1-3-42(4-2)41(47)33-25-32(38-29-48-28-35(51-38)24-30-14-8-7-9-15-30)26-34(27-33)49-22-11-6-5-10-16-31-17-12-18-37(36(31)20-21-40(45)46)50-23-13-19-39(43)44/h7-8,12,14,17-18,25-29H,3-6,9-11,13,15-16,19-24H2,1-2H3,(H,43,44)(H,45,46). The molecule has 1 amide bonds. The zero-order chi connectivity index (χ0) is 36.4. The number of unbranched alkanes of at least 4 members (excludes halogenated alkanes) is 3. The van der Waals surface area contributed by atoms with Gasteiger partial charge in [-0.25, -0.2) is 0 Å². The van der Waals surface area contributed by atoms with Crippen LogP contribution in [0.5, 0.6) is 11.5 Å². The summed E-state index contributed by atoms with van der Waals surface area (Å²) in [6.07, 6.45) is 17.3. The van der Waals surface area contributed by atoms with Crippen molar-refractivity contribution in [1.29, 1.82) is 0 Å². The number of carbonyl (C=O) groups is 3. The molecular formula is C41H51NO9. The molecule has 0 saturated heterocycles. The van der Waals surface area contributed by atoms with Gasteiger partial charge in [-0.1, -0.05) is 48.8 Å². The third-order valence-electron chi connectivity index (χ3n) is 8.83. The monoisotopic (exact) mass is 701 g/mol. The van der Waals surface area contributed by atoms with E-state index < -0.39 is 11.9 Å². The van der Waals surface area contributed by atoms with Crippen molar-refractivity contribution in [2.45, 2.75) is 90.9 Å². The lowest BCUT2D eigenvalue weighted by Gasteiger charge is -2.22. The molecule has 1 aliphatic carbocycles. The maximum absolute atomic E-state index is 13.4. The van der Waals surface area contributed by atoms with Crippen LogP contribution >= 0.6 is 0 Å². The van der Waals surface area contributed by atoms with Crippen molar-refractivity contribution >= 4 is 23.6 Å². The Morgan fingerprint density at radius 1 is 0.863 bits per heavy atom. The Bertz CT molecular complexity index is 1620. The number of allylic oxidation sites excluding steroid dienone is 4. The van der Waals surface area contributed by atoms with E-state index >= 15 is 0 Å². The van der Waals surface area contributed by atoms with E-state index in [2.05, 4.69) is 18.2 Å². The predicted molar refractivity (Wildman–Crippen MR) is 195 cm³/mol. The van der Waals surface area contributed by atoms with Crippen LogP contribution in [0.2, 0.25) is 0 Å². The number of carboxylic acids is 2. The van der Waals surface area contributed by atoms with E-state index in [0.717, 1.165) is 56.1 Å². The Morgan fingerprint density at radius 2 is 1.65 bits per heavy atom. The second-order valence-electron chi connectivity index (χ2n) is 12.6. The topological polar surface area (TPSA) is 132 Å². The van der Waals surface area contributed by atoms with Gasteiger partial charge in [0.05, 0.1) is 13.2 Å². The lowest BCUT2D eigenvalue weighted by atomic mass is 9.97. The van der Waals surface area contributed by atoms with Gasteiger partial charge in [0, 0.05) is 43.5 Å². The minimum absolute atomic E-state index is 0.00629. The summed E-state index contributed by atoms with van der Waals surface area (Å²) in [6, 6.07) is 11.2. The molecule has 0 aromatic heterocycles. The summed E-state index contributed by atoms with van der Waals surface area (Å²) in [5.74, 6) is 0.628. The van der Waals surface area contributed by atoms with Crippen LogP contribution < -0.4 is 9.47 Å². The van der Waals surface area contributed by atoms with E-state index in [4.69, 9.17) is 24.1 Å². The van der Waals surface area contributed by atoms with Gasteiger partial charge in [0.15, 0.2) is 5.76 Å². The molecule has 0 saturated carbocycles. The number of aryl methyl sites for hydroxylation is 1. The summed E-state index contributed by atoms with van der Waals surface area (Å²) >= 11 is 0.